The van der Waals surface area contributed by atoms with E-state index in [2.05, 4.69) is 39.2 Å². The molecule has 3 amide bonds. The third kappa shape index (κ3) is 4.67. The number of para-hydroxylation sites is 2. The molecule has 5 rings (SSSR count). The number of H-pyrrole nitrogens is 1. The van der Waals surface area contributed by atoms with Crippen LogP contribution in [0.3, 0.4) is 0 Å². The van der Waals surface area contributed by atoms with Gasteiger partial charge in [-0.05, 0) is 69.3 Å². The van der Waals surface area contributed by atoms with Crippen LogP contribution in [0.4, 0.5) is 4.79 Å². The van der Waals surface area contributed by atoms with E-state index in [1.165, 1.54) is 10.5 Å². The molecule has 2 aliphatic heterocycles. The molecule has 2 aromatic carbocycles. The van der Waals surface area contributed by atoms with E-state index in [9.17, 15) is 9.59 Å². The summed E-state index contributed by atoms with van der Waals surface area (Å²) < 4.78 is 0. The number of amides is 3. The summed E-state index contributed by atoms with van der Waals surface area (Å²) in [4.78, 5) is 38.3. The number of hydrogen-bond donors (Lipinski definition) is 2. The highest BCUT2D eigenvalue weighted by Crippen LogP contribution is 2.37. The molecule has 2 aliphatic rings. The lowest BCUT2D eigenvalue weighted by Gasteiger charge is -2.40. The summed E-state index contributed by atoms with van der Waals surface area (Å²) in [6.45, 7) is 4.31. The number of imide groups is 1. The standard InChI is InChI=1S/C28H31N5O2/c1-2-3-17-33-26(34)28(31-27(33)35,16-13-21-9-5-4-6-10-21)22-14-18-32(19-15-22)20-25-29-23-11-7-8-12-24(23)30-25/h4-12,22H,13-20H2,1H3,(H,29,30)(H,31,35). The molecule has 0 bridgehead atoms. The molecule has 1 unspecified atom stereocenters. The number of imidazole rings is 1. The van der Waals surface area contributed by atoms with Crippen molar-refractivity contribution in [2.45, 2.75) is 44.7 Å². The van der Waals surface area contributed by atoms with Crippen molar-refractivity contribution in [2.24, 2.45) is 5.92 Å². The molecule has 0 spiro atoms. The molecule has 7 heteroatoms. The van der Waals surface area contributed by atoms with Crippen LogP contribution >= 0.6 is 0 Å². The van der Waals surface area contributed by atoms with E-state index < -0.39 is 5.54 Å². The first-order chi connectivity index (χ1) is 17.1. The number of hydrogen-bond acceptors (Lipinski definition) is 4. The van der Waals surface area contributed by atoms with Crippen LogP contribution in [0.1, 0.15) is 37.6 Å². The Morgan fingerprint density at radius 1 is 1.06 bits per heavy atom. The molecule has 7 nitrogen and oxygen atoms in total. The Hall–Kier alpha value is -3.63. The van der Waals surface area contributed by atoms with Crippen molar-refractivity contribution < 1.29 is 9.59 Å². The van der Waals surface area contributed by atoms with Crippen molar-refractivity contribution in [3.05, 3.63) is 66.0 Å². The van der Waals surface area contributed by atoms with Gasteiger partial charge in [-0.1, -0.05) is 48.4 Å². The van der Waals surface area contributed by atoms with Crippen LogP contribution in [0.15, 0.2) is 54.6 Å². The fourth-order valence-electron chi connectivity index (χ4n) is 5.46. The third-order valence-corrected chi connectivity index (χ3v) is 7.36. The molecule has 2 fully saturated rings. The number of aromatic amines is 1. The van der Waals surface area contributed by atoms with Gasteiger partial charge in [0, 0.05) is 0 Å². The number of aromatic nitrogens is 2. The Bertz CT molecular complexity index is 1230. The third-order valence-electron chi connectivity index (χ3n) is 7.36. The van der Waals surface area contributed by atoms with E-state index in [-0.39, 0.29) is 24.4 Å². The van der Waals surface area contributed by atoms with E-state index in [4.69, 9.17) is 4.98 Å². The first-order valence-electron chi connectivity index (χ1n) is 12.3. The maximum absolute atomic E-state index is 13.7. The van der Waals surface area contributed by atoms with Crippen LogP contribution in [0.5, 0.6) is 0 Å². The number of nitrogens with one attached hydrogen (secondary N) is 2. The van der Waals surface area contributed by atoms with Gasteiger partial charge in [-0.25, -0.2) is 9.78 Å². The molecule has 1 aromatic heterocycles. The van der Waals surface area contributed by atoms with Crippen molar-refractivity contribution in [2.75, 3.05) is 19.6 Å². The number of carbonyl (C=O) groups is 2. The highest BCUT2D eigenvalue weighted by atomic mass is 16.2. The van der Waals surface area contributed by atoms with Crippen LogP contribution in [-0.2, 0) is 17.8 Å². The summed E-state index contributed by atoms with van der Waals surface area (Å²) in [5, 5.41) is 3.13. The maximum atomic E-state index is 13.7. The van der Waals surface area contributed by atoms with Crippen molar-refractivity contribution in [3.63, 3.8) is 0 Å². The number of benzene rings is 2. The average Bonchev–Trinajstić information content (AvgIpc) is 3.40. The number of piperidine rings is 1. The van der Waals surface area contributed by atoms with Gasteiger partial charge in [0.25, 0.3) is 5.91 Å². The minimum atomic E-state index is -0.881. The molecule has 3 heterocycles. The fourth-order valence-corrected chi connectivity index (χ4v) is 5.46. The second kappa shape index (κ2) is 9.93. The summed E-state index contributed by atoms with van der Waals surface area (Å²) in [5.41, 5.74) is 2.31. The molecule has 3 aromatic rings. The van der Waals surface area contributed by atoms with Crippen molar-refractivity contribution in [1.29, 1.82) is 0 Å². The predicted octanol–water partition coefficient (Wildman–Crippen LogP) is 3.72. The van der Waals surface area contributed by atoms with E-state index in [1.807, 2.05) is 42.5 Å². The smallest absolute Gasteiger partial charge is 0.325 e. The summed E-state index contributed by atoms with van der Waals surface area (Å²) >= 11 is 0. The Kier molecular flexibility index (Phi) is 6.56. The largest absolute Gasteiger partial charge is 0.341 e. The van der Waals surface area contributed by atoms with Crippen LogP contribution in [0, 0.1) is 17.8 Å². The van der Waals surface area contributed by atoms with E-state index in [0.717, 1.165) is 55.8 Å². The predicted molar refractivity (Wildman–Crippen MR) is 135 cm³/mol. The van der Waals surface area contributed by atoms with Crippen LogP contribution in [0.25, 0.3) is 11.0 Å². The van der Waals surface area contributed by atoms with Gasteiger partial charge in [0.1, 0.15) is 11.4 Å². The molecule has 35 heavy (non-hydrogen) atoms. The topological polar surface area (TPSA) is 81.3 Å². The number of likely N-dealkylation sites (tertiary alicyclic amines) is 1. The molecular formula is C28H31N5O2. The Labute approximate surface area is 205 Å². The van der Waals surface area contributed by atoms with Gasteiger partial charge in [-0.2, -0.15) is 0 Å². The van der Waals surface area contributed by atoms with Gasteiger partial charge >= 0.3 is 6.03 Å². The SMILES string of the molecule is CC#CCN1C(=O)NC(CCc2ccccc2)(C2CCN(Cc3nc4ccccc4[nH]3)CC2)C1=O. The quantitative estimate of drug-likeness (QED) is 0.408. The monoisotopic (exact) mass is 469 g/mol. The number of carbonyl (C=O) groups excluding carboxylic acids is 2. The minimum absolute atomic E-state index is 0.0779. The highest BCUT2D eigenvalue weighted by Gasteiger charge is 2.55. The average molecular weight is 470 g/mol. The zero-order valence-corrected chi connectivity index (χ0v) is 20.1. The normalized spacial score (nSPS) is 21.2. The minimum Gasteiger partial charge on any atom is -0.341 e. The van der Waals surface area contributed by atoms with E-state index >= 15 is 0 Å². The van der Waals surface area contributed by atoms with Gasteiger partial charge < -0.3 is 10.3 Å². The van der Waals surface area contributed by atoms with Crippen molar-refractivity contribution in [3.8, 4) is 11.8 Å². The summed E-state index contributed by atoms with van der Waals surface area (Å²) in [6, 6.07) is 17.9. The molecule has 0 aliphatic carbocycles. The van der Waals surface area contributed by atoms with Gasteiger partial charge in [0.2, 0.25) is 0 Å². The Morgan fingerprint density at radius 3 is 2.54 bits per heavy atom. The van der Waals surface area contributed by atoms with E-state index in [1.54, 1.807) is 6.92 Å². The Morgan fingerprint density at radius 2 is 1.80 bits per heavy atom. The van der Waals surface area contributed by atoms with Crippen LogP contribution < -0.4 is 5.32 Å². The zero-order chi connectivity index (χ0) is 24.3. The number of fused-ring (bicyclic) bond motifs is 1. The lowest BCUT2D eigenvalue weighted by atomic mass is 9.74. The van der Waals surface area contributed by atoms with Crippen molar-refractivity contribution in [1.82, 2.24) is 25.1 Å². The fraction of sp³-hybridized carbons (Fsp3) is 0.393. The first kappa shape index (κ1) is 23.1. The van der Waals surface area contributed by atoms with Crippen LogP contribution in [0.2, 0.25) is 0 Å². The van der Waals surface area contributed by atoms with Gasteiger partial charge in [-0.3, -0.25) is 14.6 Å². The zero-order valence-electron chi connectivity index (χ0n) is 20.1. The van der Waals surface area contributed by atoms with Crippen LogP contribution in [-0.4, -0.2) is 56.9 Å². The second-order valence-electron chi connectivity index (χ2n) is 9.46. The Balaban J connectivity index is 1.31. The first-order valence-corrected chi connectivity index (χ1v) is 12.3. The molecule has 0 radical (unpaired) electrons. The second-order valence-corrected chi connectivity index (χ2v) is 9.46. The summed E-state index contributed by atoms with van der Waals surface area (Å²) in [5.74, 6) is 6.59. The number of urea groups is 1. The molecule has 0 saturated carbocycles. The van der Waals surface area contributed by atoms with Crippen molar-refractivity contribution >= 4 is 23.0 Å². The maximum Gasteiger partial charge on any atom is 0.325 e. The number of nitrogens with zero attached hydrogens (tertiary/aromatic N) is 3. The van der Waals surface area contributed by atoms with Gasteiger partial charge in [0.15, 0.2) is 0 Å². The van der Waals surface area contributed by atoms with Gasteiger partial charge in [0.05, 0.1) is 24.1 Å². The number of aryl methyl sites for hydroxylation is 1. The lowest BCUT2D eigenvalue weighted by Crippen LogP contribution is -2.56. The van der Waals surface area contributed by atoms with E-state index in [0.29, 0.717) is 6.42 Å². The molecular weight excluding hydrogens is 438 g/mol. The number of rotatable bonds is 7. The summed E-state index contributed by atoms with van der Waals surface area (Å²) in [6.07, 6.45) is 3.01. The molecule has 2 N–H and O–H groups in total. The lowest BCUT2D eigenvalue weighted by molar-refractivity contribution is -0.134. The molecule has 2 saturated heterocycles. The highest BCUT2D eigenvalue weighted by molar-refractivity contribution is 6.07. The van der Waals surface area contributed by atoms with Gasteiger partial charge in [-0.15, -0.1) is 5.92 Å². The molecule has 1 atom stereocenters. The molecule has 180 valence electrons. The summed E-state index contributed by atoms with van der Waals surface area (Å²) in [7, 11) is 0.